The zero-order valence-electron chi connectivity index (χ0n) is 14.7. The first-order valence-electron chi connectivity index (χ1n) is 9.20. The molecule has 1 spiro atoms. The van der Waals surface area contributed by atoms with Crippen LogP contribution in [0.5, 0.6) is 0 Å². The molecule has 1 atom stereocenters. The van der Waals surface area contributed by atoms with Crippen molar-refractivity contribution < 1.29 is 9.90 Å². The fourth-order valence-corrected chi connectivity index (χ4v) is 4.43. The molecule has 0 radical (unpaired) electrons. The lowest BCUT2D eigenvalue weighted by Crippen LogP contribution is -2.43. The SMILES string of the molecule is C#CC1=C(N2CCC3(CCC3)CC2)c2nc(C(C)O)ccc2CC1=O. The average molecular weight is 336 g/mol. The molecule has 0 bridgehead atoms. The minimum absolute atomic E-state index is 0.000489. The summed E-state index contributed by atoms with van der Waals surface area (Å²) in [5, 5.41) is 9.91. The number of carbonyl (C=O) groups is 1. The lowest BCUT2D eigenvalue weighted by Gasteiger charge is -2.49. The summed E-state index contributed by atoms with van der Waals surface area (Å²) in [6.07, 6.45) is 11.7. The van der Waals surface area contributed by atoms with Gasteiger partial charge in [0.15, 0.2) is 5.78 Å². The predicted octanol–water partition coefficient (Wildman–Crippen LogP) is 2.87. The lowest BCUT2D eigenvalue weighted by molar-refractivity contribution is -0.114. The number of ketones is 1. The van der Waals surface area contributed by atoms with E-state index in [1.807, 2.05) is 6.07 Å². The molecule has 1 aromatic rings. The molecule has 0 amide bonds. The van der Waals surface area contributed by atoms with E-state index in [4.69, 9.17) is 6.42 Å². The number of allylic oxidation sites excluding steroid dienone is 1. The molecule has 2 fully saturated rings. The van der Waals surface area contributed by atoms with Crippen LogP contribution in [0.4, 0.5) is 0 Å². The van der Waals surface area contributed by atoms with Crippen molar-refractivity contribution in [3.05, 3.63) is 34.7 Å². The maximum absolute atomic E-state index is 12.6. The molecule has 25 heavy (non-hydrogen) atoms. The summed E-state index contributed by atoms with van der Waals surface area (Å²) in [7, 11) is 0. The number of rotatable bonds is 2. The number of pyridine rings is 1. The molecule has 130 valence electrons. The van der Waals surface area contributed by atoms with Crippen LogP contribution >= 0.6 is 0 Å². The number of likely N-dealkylation sites (tertiary alicyclic amines) is 1. The first-order chi connectivity index (χ1) is 12.0. The normalized spacial score (nSPS) is 23.1. The van der Waals surface area contributed by atoms with E-state index in [0.29, 0.717) is 23.1 Å². The fourth-order valence-electron chi connectivity index (χ4n) is 4.43. The molecule has 1 unspecified atom stereocenters. The predicted molar refractivity (Wildman–Crippen MR) is 96.4 cm³/mol. The lowest BCUT2D eigenvalue weighted by atomic mass is 9.63. The van der Waals surface area contributed by atoms with Gasteiger partial charge in [0.05, 0.1) is 28.8 Å². The van der Waals surface area contributed by atoms with E-state index in [1.165, 1.54) is 19.3 Å². The molecule has 1 aliphatic heterocycles. The molecule has 1 aromatic heterocycles. The molecule has 4 heteroatoms. The number of hydrogen-bond acceptors (Lipinski definition) is 4. The Morgan fingerprint density at radius 3 is 2.56 bits per heavy atom. The van der Waals surface area contributed by atoms with E-state index in [2.05, 4.69) is 15.8 Å². The smallest absolute Gasteiger partial charge is 0.177 e. The highest BCUT2D eigenvalue weighted by molar-refractivity contribution is 6.09. The molecular formula is C21H24N2O2. The highest BCUT2D eigenvalue weighted by Gasteiger charge is 2.41. The Hall–Kier alpha value is -2.12. The number of nitrogens with zero attached hydrogens (tertiary/aromatic N) is 2. The van der Waals surface area contributed by atoms with E-state index in [0.717, 1.165) is 42.9 Å². The van der Waals surface area contributed by atoms with Crippen LogP contribution in [0.25, 0.3) is 5.70 Å². The van der Waals surface area contributed by atoms with Crippen molar-refractivity contribution in [2.24, 2.45) is 5.41 Å². The van der Waals surface area contributed by atoms with E-state index in [1.54, 1.807) is 13.0 Å². The van der Waals surface area contributed by atoms with Crippen LogP contribution in [0.1, 0.15) is 62.1 Å². The highest BCUT2D eigenvalue weighted by atomic mass is 16.3. The molecule has 4 nitrogen and oxygen atoms in total. The van der Waals surface area contributed by atoms with Crippen molar-refractivity contribution in [3.63, 3.8) is 0 Å². The summed E-state index contributed by atoms with van der Waals surface area (Å²) in [5.74, 6) is 2.63. The number of fused-ring (bicyclic) bond motifs is 1. The second kappa shape index (κ2) is 6.00. The molecule has 2 heterocycles. The first kappa shape index (κ1) is 16.4. The summed E-state index contributed by atoms with van der Waals surface area (Å²) in [4.78, 5) is 19.5. The van der Waals surface area contributed by atoms with Crippen LogP contribution in [0.15, 0.2) is 17.7 Å². The van der Waals surface area contributed by atoms with Gasteiger partial charge in [0.25, 0.3) is 0 Å². The second-order valence-corrected chi connectivity index (χ2v) is 7.73. The monoisotopic (exact) mass is 336 g/mol. The minimum Gasteiger partial charge on any atom is -0.387 e. The number of aliphatic hydroxyl groups excluding tert-OH is 1. The molecule has 1 N–H and O–H groups in total. The van der Waals surface area contributed by atoms with Crippen molar-refractivity contribution in [1.82, 2.24) is 9.88 Å². The van der Waals surface area contributed by atoms with Crippen molar-refractivity contribution in [2.45, 2.75) is 51.6 Å². The van der Waals surface area contributed by atoms with Gasteiger partial charge in [0.2, 0.25) is 0 Å². The largest absolute Gasteiger partial charge is 0.387 e. The molecule has 1 saturated carbocycles. The number of carbonyl (C=O) groups excluding carboxylic acids is 1. The number of Topliss-reactive ketones (excluding diaryl/α,β-unsaturated/α-hetero) is 1. The quantitative estimate of drug-likeness (QED) is 0.844. The standard InChI is InChI=1S/C21H24N2O2/c1-3-16-18(25)13-15-5-6-17(14(2)24)22-19(15)20(16)23-11-9-21(10-12-23)7-4-8-21/h1,5-6,14,24H,4,7-13H2,2H3. The van der Waals surface area contributed by atoms with Gasteiger partial charge < -0.3 is 10.0 Å². The van der Waals surface area contributed by atoms with Gasteiger partial charge in [-0.3, -0.25) is 4.79 Å². The molecule has 3 aliphatic rings. The summed E-state index contributed by atoms with van der Waals surface area (Å²) >= 11 is 0. The van der Waals surface area contributed by atoms with Crippen LogP contribution in [0.3, 0.4) is 0 Å². The Labute approximate surface area is 148 Å². The third kappa shape index (κ3) is 2.67. The van der Waals surface area contributed by atoms with Gasteiger partial charge in [0, 0.05) is 19.5 Å². The van der Waals surface area contributed by atoms with Crippen molar-refractivity contribution >= 4 is 11.5 Å². The first-order valence-corrected chi connectivity index (χ1v) is 9.20. The van der Waals surface area contributed by atoms with Crippen LogP contribution < -0.4 is 0 Å². The van der Waals surface area contributed by atoms with Gasteiger partial charge in [0.1, 0.15) is 0 Å². The van der Waals surface area contributed by atoms with Gasteiger partial charge >= 0.3 is 0 Å². The van der Waals surface area contributed by atoms with E-state index in [9.17, 15) is 9.90 Å². The third-order valence-electron chi connectivity index (χ3n) is 6.22. The number of aliphatic hydroxyl groups is 1. The zero-order valence-corrected chi connectivity index (χ0v) is 14.7. The summed E-state index contributed by atoms with van der Waals surface area (Å²) < 4.78 is 0. The van der Waals surface area contributed by atoms with Gasteiger partial charge in [-0.05, 0) is 49.7 Å². The summed E-state index contributed by atoms with van der Waals surface area (Å²) in [6, 6.07) is 3.71. The number of piperidine rings is 1. The Morgan fingerprint density at radius 1 is 1.28 bits per heavy atom. The third-order valence-corrected chi connectivity index (χ3v) is 6.22. The topological polar surface area (TPSA) is 53.4 Å². The molecule has 2 aliphatic carbocycles. The van der Waals surface area contributed by atoms with E-state index in [-0.39, 0.29) is 5.78 Å². The zero-order chi connectivity index (χ0) is 17.6. The van der Waals surface area contributed by atoms with Crippen LogP contribution in [-0.2, 0) is 11.2 Å². The summed E-state index contributed by atoms with van der Waals surface area (Å²) in [6.45, 7) is 3.55. The number of aromatic nitrogens is 1. The Bertz CT molecular complexity index is 787. The number of terminal acetylenes is 1. The van der Waals surface area contributed by atoms with Gasteiger partial charge in [-0.15, -0.1) is 6.42 Å². The van der Waals surface area contributed by atoms with Crippen LogP contribution in [0, 0.1) is 17.8 Å². The Kier molecular flexibility index (Phi) is 3.92. The van der Waals surface area contributed by atoms with Gasteiger partial charge in [-0.25, -0.2) is 4.98 Å². The maximum Gasteiger partial charge on any atom is 0.177 e. The molecule has 4 rings (SSSR count). The Balaban J connectivity index is 1.74. The van der Waals surface area contributed by atoms with Crippen molar-refractivity contribution in [1.29, 1.82) is 0 Å². The minimum atomic E-state index is -0.641. The second-order valence-electron chi connectivity index (χ2n) is 7.73. The molecular weight excluding hydrogens is 312 g/mol. The van der Waals surface area contributed by atoms with Crippen LogP contribution in [0.2, 0.25) is 0 Å². The fraction of sp³-hybridized carbons (Fsp3) is 0.524. The maximum atomic E-state index is 12.6. The van der Waals surface area contributed by atoms with Crippen molar-refractivity contribution in [2.75, 3.05) is 13.1 Å². The summed E-state index contributed by atoms with van der Waals surface area (Å²) in [5.41, 5.74) is 4.11. The Morgan fingerprint density at radius 2 is 2.00 bits per heavy atom. The highest BCUT2D eigenvalue weighted by Crippen LogP contribution is 2.50. The number of hydrogen-bond donors (Lipinski definition) is 1. The van der Waals surface area contributed by atoms with E-state index >= 15 is 0 Å². The van der Waals surface area contributed by atoms with Gasteiger partial charge in [-0.2, -0.15) is 0 Å². The van der Waals surface area contributed by atoms with Crippen molar-refractivity contribution in [3.8, 4) is 12.3 Å². The molecule has 0 aromatic carbocycles. The average Bonchev–Trinajstić information content (AvgIpc) is 2.59. The van der Waals surface area contributed by atoms with E-state index < -0.39 is 6.10 Å². The van der Waals surface area contributed by atoms with Crippen LogP contribution in [-0.4, -0.2) is 33.9 Å². The molecule has 1 saturated heterocycles. The van der Waals surface area contributed by atoms with Gasteiger partial charge in [-0.1, -0.05) is 18.4 Å².